The number of rotatable bonds is 11. The van der Waals surface area contributed by atoms with E-state index in [1.807, 2.05) is 0 Å². The lowest BCUT2D eigenvalue weighted by atomic mass is 10.0. The van der Waals surface area contributed by atoms with Crippen LogP contribution in [0.1, 0.15) is 50.8 Å². The molecule has 0 heterocycles. The molecule has 3 heteroatoms. The summed E-state index contributed by atoms with van der Waals surface area (Å²) in [4.78, 5) is 2.57. The monoisotopic (exact) mass is 319 g/mol. The van der Waals surface area contributed by atoms with Crippen molar-refractivity contribution in [3.63, 3.8) is 0 Å². The molecule has 2 N–H and O–H groups in total. The first-order valence-electron chi connectivity index (χ1n) is 9.24. The van der Waals surface area contributed by atoms with Gasteiger partial charge in [-0.25, -0.2) is 0 Å². The molecule has 0 aromatic heterocycles. The predicted octanol–water partition coefficient (Wildman–Crippen LogP) is 4.19. The SMILES string of the molecule is CCCN(CCNCC(C)C)Cc1cc(C)cc(NCC)c1C. The van der Waals surface area contributed by atoms with Crippen LogP contribution >= 0.6 is 0 Å². The third kappa shape index (κ3) is 7.36. The molecular weight excluding hydrogens is 282 g/mol. The zero-order valence-electron chi connectivity index (χ0n) is 16.1. The molecule has 0 fully saturated rings. The first kappa shape index (κ1) is 20.0. The van der Waals surface area contributed by atoms with Crippen molar-refractivity contribution in [2.45, 2.75) is 54.5 Å². The van der Waals surface area contributed by atoms with Crippen molar-refractivity contribution < 1.29 is 0 Å². The third-order valence-corrected chi connectivity index (χ3v) is 4.12. The van der Waals surface area contributed by atoms with E-state index >= 15 is 0 Å². The topological polar surface area (TPSA) is 27.3 Å². The smallest absolute Gasteiger partial charge is 0.0375 e. The van der Waals surface area contributed by atoms with Gasteiger partial charge in [0, 0.05) is 31.9 Å². The summed E-state index contributed by atoms with van der Waals surface area (Å²) < 4.78 is 0. The highest BCUT2D eigenvalue weighted by Gasteiger charge is 2.10. The molecule has 0 atom stereocenters. The van der Waals surface area contributed by atoms with Gasteiger partial charge in [0.2, 0.25) is 0 Å². The summed E-state index contributed by atoms with van der Waals surface area (Å²) in [6, 6.07) is 4.61. The first-order chi connectivity index (χ1) is 11.0. The summed E-state index contributed by atoms with van der Waals surface area (Å²) in [5.41, 5.74) is 5.49. The number of hydrogen-bond donors (Lipinski definition) is 2. The quantitative estimate of drug-likeness (QED) is 0.599. The van der Waals surface area contributed by atoms with Crippen LogP contribution in [-0.4, -0.2) is 37.6 Å². The predicted molar refractivity (Wildman–Crippen MR) is 103 cm³/mol. The molecule has 1 aromatic carbocycles. The van der Waals surface area contributed by atoms with E-state index < -0.39 is 0 Å². The maximum absolute atomic E-state index is 3.56. The molecular formula is C20H37N3. The van der Waals surface area contributed by atoms with Crippen molar-refractivity contribution in [3.05, 3.63) is 28.8 Å². The number of benzene rings is 1. The fraction of sp³-hybridized carbons (Fsp3) is 0.700. The summed E-state index contributed by atoms with van der Waals surface area (Å²) in [6.45, 7) is 19.9. The molecule has 0 saturated carbocycles. The van der Waals surface area contributed by atoms with Gasteiger partial charge in [-0.1, -0.05) is 26.8 Å². The van der Waals surface area contributed by atoms with E-state index in [0.29, 0.717) is 0 Å². The number of hydrogen-bond acceptors (Lipinski definition) is 3. The van der Waals surface area contributed by atoms with Gasteiger partial charge in [-0.05, 0) is 69.0 Å². The minimum Gasteiger partial charge on any atom is -0.385 e. The Morgan fingerprint density at radius 1 is 1.09 bits per heavy atom. The largest absolute Gasteiger partial charge is 0.385 e. The molecule has 0 spiro atoms. The maximum atomic E-state index is 3.56. The van der Waals surface area contributed by atoms with Crippen molar-refractivity contribution in [1.82, 2.24) is 10.2 Å². The first-order valence-corrected chi connectivity index (χ1v) is 9.24. The molecule has 3 nitrogen and oxygen atoms in total. The summed E-state index contributed by atoms with van der Waals surface area (Å²) >= 11 is 0. The van der Waals surface area contributed by atoms with Crippen LogP contribution in [-0.2, 0) is 6.54 Å². The fourth-order valence-corrected chi connectivity index (χ4v) is 2.93. The van der Waals surface area contributed by atoms with Gasteiger partial charge in [-0.2, -0.15) is 0 Å². The molecule has 0 unspecified atom stereocenters. The lowest BCUT2D eigenvalue weighted by Gasteiger charge is -2.24. The highest BCUT2D eigenvalue weighted by atomic mass is 15.1. The highest BCUT2D eigenvalue weighted by molar-refractivity contribution is 5.56. The molecule has 0 amide bonds. The van der Waals surface area contributed by atoms with Crippen molar-refractivity contribution in [2.24, 2.45) is 5.92 Å². The van der Waals surface area contributed by atoms with E-state index in [1.165, 1.54) is 28.8 Å². The zero-order valence-corrected chi connectivity index (χ0v) is 16.1. The van der Waals surface area contributed by atoms with Crippen LogP contribution in [0.4, 0.5) is 5.69 Å². The molecule has 23 heavy (non-hydrogen) atoms. The highest BCUT2D eigenvalue weighted by Crippen LogP contribution is 2.23. The maximum Gasteiger partial charge on any atom is 0.0375 e. The van der Waals surface area contributed by atoms with Crippen LogP contribution in [0.25, 0.3) is 0 Å². The van der Waals surface area contributed by atoms with Gasteiger partial charge in [-0.3, -0.25) is 4.90 Å². The molecule has 0 radical (unpaired) electrons. The molecule has 1 rings (SSSR count). The Morgan fingerprint density at radius 2 is 1.83 bits per heavy atom. The van der Waals surface area contributed by atoms with Crippen molar-refractivity contribution in [3.8, 4) is 0 Å². The Hall–Kier alpha value is -1.06. The van der Waals surface area contributed by atoms with Crippen LogP contribution < -0.4 is 10.6 Å². The average Bonchev–Trinajstić information content (AvgIpc) is 2.48. The summed E-state index contributed by atoms with van der Waals surface area (Å²) in [6.07, 6.45) is 1.20. The van der Waals surface area contributed by atoms with E-state index in [2.05, 4.69) is 69.2 Å². The standard InChI is InChI=1S/C20H37N3/c1-7-10-23(11-9-21-14-16(3)4)15-19-12-17(5)13-20(18(19)6)22-8-2/h12-13,16,21-22H,7-11,14-15H2,1-6H3. The molecule has 0 bridgehead atoms. The van der Waals surface area contributed by atoms with E-state index in [0.717, 1.165) is 45.2 Å². The number of nitrogens with zero attached hydrogens (tertiary/aromatic N) is 1. The van der Waals surface area contributed by atoms with Crippen molar-refractivity contribution >= 4 is 5.69 Å². The summed E-state index contributed by atoms with van der Waals surface area (Å²) in [7, 11) is 0. The molecule has 0 aliphatic rings. The van der Waals surface area contributed by atoms with Gasteiger partial charge >= 0.3 is 0 Å². The Bertz CT molecular complexity index is 454. The van der Waals surface area contributed by atoms with E-state index in [1.54, 1.807) is 0 Å². The van der Waals surface area contributed by atoms with Crippen molar-refractivity contribution in [2.75, 3.05) is 38.0 Å². The molecule has 132 valence electrons. The number of anilines is 1. The van der Waals surface area contributed by atoms with Gasteiger partial charge in [-0.15, -0.1) is 0 Å². The molecule has 0 aliphatic heterocycles. The van der Waals surface area contributed by atoms with Gasteiger partial charge in [0.25, 0.3) is 0 Å². The Kier molecular flexibility index (Phi) is 9.27. The molecule has 1 aromatic rings. The Labute approximate surface area is 143 Å². The molecule has 0 aliphatic carbocycles. The Morgan fingerprint density at radius 3 is 2.43 bits per heavy atom. The van der Waals surface area contributed by atoms with Crippen LogP contribution in [0, 0.1) is 19.8 Å². The van der Waals surface area contributed by atoms with Gasteiger partial charge in [0.1, 0.15) is 0 Å². The zero-order chi connectivity index (χ0) is 17.2. The minimum atomic E-state index is 0.719. The average molecular weight is 320 g/mol. The van der Waals surface area contributed by atoms with E-state index in [9.17, 15) is 0 Å². The van der Waals surface area contributed by atoms with Gasteiger partial charge in [0.15, 0.2) is 0 Å². The summed E-state index contributed by atoms with van der Waals surface area (Å²) in [5.74, 6) is 0.719. The van der Waals surface area contributed by atoms with Crippen LogP contribution in [0.2, 0.25) is 0 Å². The van der Waals surface area contributed by atoms with Crippen LogP contribution in [0.5, 0.6) is 0 Å². The van der Waals surface area contributed by atoms with Crippen molar-refractivity contribution in [1.29, 1.82) is 0 Å². The van der Waals surface area contributed by atoms with E-state index in [-0.39, 0.29) is 0 Å². The normalized spacial score (nSPS) is 11.5. The second kappa shape index (κ2) is 10.7. The van der Waals surface area contributed by atoms with Crippen LogP contribution in [0.3, 0.4) is 0 Å². The summed E-state index contributed by atoms with van der Waals surface area (Å²) in [5, 5.41) is 7.06. The lowest BCUT2D eigenvalue weighted by molar-refractivity contribution is 0.263. The second-order valence-corrected chi connectivity index (χ2v) is 7.00. The Balaban J connectivity index is 2.71. The van der Waals surface area contributed by atoms with E-state index in [4.69, 9.17) is 0 Å². The number of aryl methyl sites for hydroxylation is 1. The van der Waals surface area contributed by atoms with Gasteiger partial charge in [0.05, 0.1) is 0 Å². The van der Waals surface area contributed by atoms with Crippen LogP contribution in [0.15, 0.2) is 12.1 Å². The lowest BCUT2D eigenvalue weighted by Crippen LogP contribution is -2.34. The third-order valence-electron chi connectivity index (χ3n) is 4.12. The minimum absolute atomic E-state index is 0.719. The molecule has 0 saturated heterocycles. The number of nitrogens with one attached hydrogen (secondary N) is 2. The van der Waals surface area contributed by atoms with Gasteiger partial charge < -0.3 is 10.6 Å². The second-order valence-electron chi connectivity index (χ2n) is 7.00. The fourth-order valence-electron chi connectivity index (χ4n) is 2.93.